The average molecular weight is 379 g/mol. The number of hydrogen-bond acceptors (Lipinski definition) is 5. The van der Waals surface area contributed by atoms with Crippen molar-refractivity contribution in [2.24, 2.45) is 0 Å². The topological polar surface area (TPSA) is 48.0 Å². The first-order valence-corrected chi connectivity index (χ1v) is 9.53. The number of hydrogen-bond donors (Lipinski definition) is 0. The van der Waals surface area contributed by atoms with Gasteiger partial charge in [0, 0.05) is 24.2 Å². The smallest absolute Gasteiger partial charge is 0.231 e. The summed E-state index contributed by atoms with van der Waals surface area (Å²) in [4.78, 5) is 14.9. The Labute approximate surface area is 165 Å². The lowest BCUT2D eigenvalue weighted by molar-refractivity contribution is 0.0952. The van der Waals surface area contributed by atoms with E-state index in [0.29, 0.717) is 23.8 Å². The first-order valence-electron chi connectivity index (χ1n) is 9.53. The Kier molecular flexibility index (Phi) is 4.85. The predicted octanol–water partition coefficient (Wildman–Crippen LogP) is 4.27. The molecule has 0 unspecified atom stereocenters. The summed E-state index contributed by atoms with van der Waals surface area (Å²) in [6, 6.07) is 10.0. The van der Waals surface area contributed by atoms with Crippen molar-refractivity contribution < 1.29 is 19.0 Å². The third-order valence-corrected chi connectivity index (χ3v) is 5.32. The Bertz CT molecular complexity index is 973. The zero-order valence-corrected chi connectivity index (χ0v) is 16.8. The highest BCUT2D eigenvalue weighted by molar-refractivity contribution is 6.13. The first kappa shape index (κ1) is 18.6. The molecule has 0 atom stereocenters. The molecule has 2 aliphatic heterocycles. The van der Waals surface area contributed by atoms with Crippen molar-refractivity contribution in [1.82, 2.24) is 4.90 Å². The van der Waals surface area contributed by atoms with Gasteiger partial charge in [-0.25, -0.2) is 0 Å². The van der Waals surface area contributed by atoms with Crippen LogP contribution >= 0.6 is 0 Å². The van der Waals surface area contributed by atoms with Crippen LogP contribution in [0.3, 0.4) is 0 Å². The van der Waals surface area contributed by atoms with E-state index in [-0.39, 0.29) is 5.78 Å². The van der Waals surface area contributed by atoms with Gasteiger partial charge >= 0.3 is 0 Å². The fraction of sp³-hybridized carbons (Fsp3) is 0.348. The monoisotopic (exact) mass is 379 g/mol. The second-order valence-corrected chi connectivity index (χ2v) is 7.51. The van der Waals surface area contributed by atoms with Crippen molar-refractivity contribution in [1.29, 1.82) is 0 Å². The van der Waals surface area contributed by atoms with Crippen LogP contribution in [0.1, 0.15) is 40.9 Å². The summed E-state index contributed by atoms with van der Waals surface area (Å²) in [7, 11) is 1.70. The van der Waals surface area contributed by atoms with Crippen LogP contribution in [0.4, 0.5) is 0 Å². The number of Topliss-reactive ketones (excluding diaryl/α,β-unsaturated/α-hetero) is 1. The average Bonchev–Trinajstić information content (AvgIpc) is 3.03. The maximum absolute atomic E-state index is 12.7. The molecule has 0 fully saturated rings. The molecule has 0 spiro atoms. The molecule has 5 nitrogen and oxygen atoms in total. The van der Waals surface area contributed by atoms with Crippen LogP contribution in [0.25, 0.3) is 0 Å². The zero-order chi connectivity index (χ0) is 19.8. The number of para-hydroxylation sites is 1. The van der Waals surface area contributed by atoms with E-state index in [1.807, 2.05) is 45.0 Å². The standard InChI is InChI=1S/C23H25NO4/c1-14(2)21-20(25)18-11-17-12-24(13-27-22(17)15(3)23(18)28-21)10-9-16-7-5-6-8-19(16)26-4/h5-8,11H,9-10,12-13H2,1-4H3. The van der Waals surface area contributed by atoms with Gasteiger partial charge in [0.1, 0.15) is 24.0 Å². The molecule has 2 aliphatic rings. The fourth-order valence-corrected chi connectivity index (χ4v) is 3.84. The van der Waals surface area contributed by atoms with E-state index >= 15 is 0 Å². The number of methoxy groups -OCH3 is 1. The maximum atomic E-state index is 12.7. The van der Waals surface area contributed by atoms with Crippen LogP contribution in [0, 0.1) is 6.92 Å². The normalized spacial score (nSPS) is 15.6. The molecule has 0 bridgehead atoms. The molecular formula is C23H25NO4. The summed E-state index contributed by atoms with van der Waals surface area (Å²) in [5, 5.41) is 0. The molecular weight excluding hydrogens is 354 g/mol. The van der Waals surface area contributed by atoms with Crippen LogP contribution in [0.2, 0.25) is 0 Å². The molecule has 5 heteroatoms. The summed E-state index contributed by atoms with van der Waals surface area (Å²) in [6.45, 7) is 7.86. The van der Waals surface area contributed by atoms with E-state index in [9.17, 15) is 4.79 Å². The zero-order valence-electron chi connectivity index (χ0n) is 16.8. The summed E-state index contributed by atoms with van der Waals surface area (Å²) >= 11 is 0. The minimum atomic E-state index is -0.0351. The number of carbonyl (C=O) groups excluding carboxylic acids is 1. The molecule has 2 heterocycles. The van der Waals surface area contributed by atoms with Gasteiger partial charge in [-0.05, 0) is 50.5 Å². The number of ether oxygens (including phenoxy) is 3. The van der Waals surface area contributed by atoms with E-state index in [2.05, 4.69) is 11.0 Å². The second-order valence-electron chi connectivity index (χ2n) is 7.51. The van der Waals surface area contributed by atoms with E-state index < -0.39 is 0 Å². The minimum absolute atomic E-state index is 0.0351. The molecule has 146 valence electrons. The molecule has 2 aromatic carbocycles. The van der Waals surface area contributed by atoms with E-state index in [4.69, 9.17) is 14.2 Å². The van der Waals surface area contributed by atoms with E-state index in [1.165, 1.54) is 5.56 Å². The number of rotatable bonds is 4. The van der Waals surface area contributed by atoms with Crippen molar-refractivity contribution in [3.05, 3.63) is 63.9 Å². The molecule has 28 heavy (non-hydrogen) atoms. The van der Waals surface area contributed by atoms with Gasteiger partial charge in [-0.1, -0.05) is 18.2 Å². The molecule has 0 aromatic heterocycles. The number of nitrogens with zero attached hydrogens (tertiary/aromatic N) is 1. The van der Waals surface area contributed by atoms with Gasteiger partial charge in [0.25, 0.3) is 0 Å². The third-order valence-electron chi connectivity index (χ3n) is 5.32. The fourth-order valence-electron chi connectivity index (χ4n) is 3.84. The largest absolute Gasteiger partial charge is 0.496 e. The van der Waals surface area contributed by atoms with Crippen LogP contribution in [-0.4, -0.2) is 31.1 Å². The molecule has 0 N–H and O–H groups in total. The Hall–Kier alpha value is -2.79. The van der Waals surface area contributed by atoms with Crippen LogP contribution in [-0.2, 0) is 13.0 Å². The lowest BCUT2D eigenvalue weighted by Gasteiger charge is -2.30. The lowest BCUT2D eigenvalue weighted by atomic mass is 9.99. The van der Waals surface area contributed by atoms with Crippen molar-refractivity contribution in [3.63, 3.8) is 0 Å². The van der Waals surface area contributed by atoms with Gasteiger partial charge in [-0.2, -0.15) is 0 Å². The van der Waals surface area contributed by atoms with Gasteiger partial charge < -0.3 is 14.2 Å². The highest BCUT2D eigenvalue weighted by atomic mass is 16.5. The van der Waals surface area contributed by atoms with E-state index in [0.717, 1.165) is 47.7 Å². The van der Waals surface area contributed by atoms with E-state index in [1.54, 1.807) is 7.11 Å². The van der Waals surface area contributed by atoms with Gasteiger partial charge in [0.2, 0.25) is 5.78 Å². The Balaban J connectivity index is 1.54. The Morgan fingerprint density at radius 3 is 2.75 bits per heavy atom. The first-order chi connectivity index (χ1) is 13.5. The van der Waals surface area contributed by atoms with Gasteiger partial charge in [0.15, 0.2) is 5.76 Å². The molecule has 0 amide bonds. The molecule has 0 radical (unpaired) electrons. The highest BCUT2D eigenvalue weighted by Crippen LogP contribution is 2.43. The maximum Gasteiger partial charge on any atom is 0.231 e. The molecule has 0 saturated carbocycles. The second kappa shape index (κ2) is 7.32. The van der Waals surface area contributed by atoms with Gasteiger partial charge in [0.05, 0.1) is 12.7 Å². The number of fused-ring (bicyclic) bond motifs is 2. The minimum Gasteiger partial charge on any atom is -0.496 e. The number of benzene rings is 2. The number of ketones is 1. The third kappa shape index (κ3) is 3.16. The summed E-state index contributed by atoms with van der Waals surface area (Å²) in [5.74, 6) is 2.80. The quantitative estimate of drug-likeness (QED) is 0.743. The van der Waals surface area contributed by atoms with Crippen LogP contribution in [0.5, 0.6) is 17.2 Å². The molecule has 0 aliphatic carbocycles. The van der Waals surface area contributed by atoms with Crippen molar-refractivity contribution in [2.45, 2.75) is 33.7 Å². The molecule has 0 saturated heterocycles. The Morgan fingerprint density at radius 1 is 1.21 bits per heavy atom. The van der Waals surface area contributed by atoms with Gasteiger partial charge in [-0.15, -0.1) is 0 Å². The summed E-state index contributed by atoms with van der Waals surface area (Å²) < 4.78 is 17.4. The SMILES string of the molecule is COc1ccccc1CCN1COc2c(cc3c(c2C)OC(=C(C)C)C3=O)C1. The molecule has 2 aromatic rings. The Morgan fingerprint density at radius 2 is 2.00 bits per heavy atom. The van der Waals surface area contributed by atoms with Crippen molar-refractivity contribution in [2.75, 3.05) is 20.4 Å². The molecule has 4 rings (SSSR count). The van der Waals surface area contributed by atoms with Crippen LogP contribution in [0.15, 0.2) is 41.7 Å². The predicted molar refractivity (Wildman–Crippen MR) is 107 cm³/mol. The lowest BCUT2D eigenvalue weighted by Crippen LogP contribution is -2.34. The van der Waals surface area contributed by atoms with Crippen molar-refractivity contribution in [3.8, 4) is 17.2 Å². The highest BCUT2D eigenvalue weighted by Gasteiger charge is 2.34. The van der Waals surface area contributed by atoms with Gasteiger partial charge in [-0.3, -0.25) is 9.69 Å². The summed E-state index contributed by atoms with van der Waals surface area (Å²) in [5.41, 5.74) is 4.65. The number of carbonyl (C=O) groups is 1. The van der Waals surface area contributed by atoms with Crippen LogP contribution < -0.4 is 14.2 Å². The van der Waals surface area contributed by atoms with Crippen molar-refractivity contribution >= 4 is 5.78 Å². The summed E-state index contributed by atoms with van der Waals surface area (Å²) in [6.07, 6.45) is 0.872. The number of allylic oxidation sites excluding steroid dienone is 2.